The van der Waals surface area contributed by atoms with Gasteiger partial charge in [0, 0.05) is 32.4 Å². The van der Waals surface area contributed by atoms with E-state index in [9.17, 15) is 0 Å². The summed E-state index contributed by atoms with van der Waals surface area (Å²) in [6.07, 6.45) is 2.48. The second-order valence-corrected chi connectivity index (χ2v) is 8.53. The van der Waals surface area contributed by atoms with Crippen molar-refractivity contribution in [2.45, 2.75) is 38.6 Å². The average Bonchev–Trinajstić information content (AvgIpc) is 2.85. The first-order valence-corrected chi connectivity index (χ1v) is 8.99. The van der Waals surface area contributed by atoms with Crippen molar-refractivity contribution >= 4 is 43.2 Å². The van der Waals surface area contributed by atoms with Gasteiger partial charge in [0.1, 0.15) is 0 Å². The first-order valence-electron chi connectivity index (χ1n) is 6.53. The maximum absolute atomic E-state index is 5.71. The Hall–Kier alpha value is -0.340. The van der Waals surface area contributed by atoms with Crippen LogP contribution in [0.5, 0.6) is 0 Å². The van der Waals surface area contributed by atoms with Crippen molar-refractivity contribution in [1.82, 2.24) is 15.4 Å². The normalized spacial score (nSPS) is 13.4. The molecule has 0 bridgehead atoms. The Bertz CT molecular complexity index is 622. The molecule has 3 N–H and O–H groups in total. The fourth-order valence-corrected chi connectivity index (χ4v) is 4.17. The molecular formula is C14H18Br2N4S. The maximum Gasteiger partial charge on any atom is 0.0948 e. The molecule has 2 aromatic rings. The maximum atomic E-state index is 5.71. The predicted molar refractivity (Wildman–Crippen MR) is 94.2 cm³/mol. The van der Waals surface area contributed by atoms with Gasteiger partial charge in [-0.2, -0.15) is 0 Å². The quantitative estimate of drug-likeness (QED) is 0.562. The Kier molecular flexibility index (Phi) is 5.54. The molecule has 1 atom stereocenters. The highest BCUT2D eigenvalue weighted by atomic mass is 79.9. The molecule has 2 rings (SSSR count). The molecule has 7 heteroatoms. The fourth-order valence-electron chi connectivity index (χ4n) is 1.84. The van der Waals surface area contributed by atoms with Crippen molar-refractivity contribution in [3.05, 3.63) is 43.0 Å². The summed E-state index contributed by atoms with van der Waals surface area (Å²) in [4.78, 5) is 9.15. The number of nitrogens with one attached hydrogen (secondary N) is 1. The second-order valence-electron chi connectivity index (χ2n) is 5.82. The van der Waals surface area contributed by atoms with E-state index in [0.29, 0.717) is 6.42 Å². The molecule has 114 valence electrons. The summed E-state index contributed by atoms with van der Waals surface area (Å²) >= 11 is 8.60. The van der Waals surface area contributed by atoms with E-state index in [2.05, 4.69) is 68.4 Å². The molecule has 0 saturated carbocycles. The van der Waals surface area contributed by atoms with Crippen LogP contribution in [0.15, 0.2) is 26.6 Å². The van der Waals surface area contributed by atoms with Crippen LogP contribution in [0.3, 0.4) is 0 Å². The van der Waals surface area contributed by atoms with Crippen LogP contribution < -0.4 is 11.3 Å². The largest absolute Gasteiger partial charge is 0.271 e. The lowest BCUT2D eigenvalue weighted by Crippen LogP contribution is -2.30. The zero-order valence-corrected chi connectivity index (χ0v) is 16.1. The van der Waals surface area contributed by atoms with Crippen LogP contribution in [0.1, 0.15) is 43.2 Å². The van der Waals surface area contributed by atoms with Gasteiger partial charge in [-0.25, -0.2) is 4.98 Å². The molecule has 0 aliphatic carbocycles. The topological polar surface area (TPSA) is 63.8 Å². The summed E-state index contributed by atoms with van der Waals surface area (Å²) in [5, 5.41) is 3.17. The Balaban J connectivity index is 2.21. The van der Waals surface area contributed by atoms with Gasteiger partial charge in [-0.15, -0.1) is 11.3 Å². The predicted octanol–water partition coefficient (Wildman–Crippen LogP) is 4.11. The lowest BCUT2D eigenvalue weighted by Gasteiger charge is -2.16. The number of pyridine rings is 1. The molecule has 4 nitrogen and oxygen atoms in total. The van der Waals surface area contributed by atoms with Gasteiger partial charge in [0.05, 0.1) is 22.4 Å². The summed E-state index contributed by atoms with van der Waals surface area (Å²) in [6, 6.07) is 1.89. The summed E-state index contributed by atoms with van der Waals surface area (Å²) in [6.45, 7) is 6.49. The number of hydrogen-bond donors (Lipinski definition) is 2. The molecule has 0 aliphatic heterocycles. The summed E-state index contributed by atoms with van der Waals surface area (Å²) in [5.74, 6) is 5.71. The van der Waals surface area contributed by atoms with Crippen LogP contribution in [-0.2, 0) is 11.8 Å². The number of halogens is 2. The number of rotatable bonds is 4. The number of thiazole rings is 1. The molecule has 1 unspecified atom stereocenters. The Labute approximate surface area is 145 Å². The zero-order valence-electron chi connectivity index (χ0n) is 12.2. The fraction of sp³-hybridized carbons (Fsp3) is 0.429. The van der Waals surface area contributed by atoms with Gasteiger partial charge in [-0.05, 0) is 37.9 Å². The Morgan fingerprint density at radius 1 is 1.38 bits per heavy atom. The molecule has 2 aromatic heterocycles. The minimum Gasteiger partial charge on any atom is -0.271 e. The van der Waals surface area contributed by atoms with Crippen molar-refractivity contribution in [1.29, 1.82) is 0 Å². The molecule has 0 aliphatic rings. The van der Waals surface area contributed by atoms with Gasteiger partial charge in [0.15, 0.2) is 0 Å². The number of hydrogen-bond acceptors (Lipinski definition) is 5. The second kappa shape index (κ2) is 6.83. The van der Waals surface area contributed by atoms with E-state index in [1.807, 2.05) is 6.07 Å². The molecule has 0 amide bonds. The third-order valence-electron chi connectivity index (χ3n) is 3.07. The van der Waals surface area contributed by atoms with E-state index in [0.717, 1.165) is 25.3 Å². The number of aromatic nitrogens is 2. The Morgan fingerprint density at radius 2 is 2.10 bits per heavy atom. The third-order valence-corrected chi connectivity index (χ3v) is 5.01. The average molecular weight is 434 g/mol. The van der Waals surface area contributed by atoms with Crippen LogP contribution in [-0.4, -0.2) is 9.97 Å². The highest BCUT2D eigenvalue weighted by Gasteiger charge is 2.21. The van der Waals surface area contributed by atoms with Crippen molar-refractivity contribution in [2.75, 3.05) is 0 Å². The van der Waals surface area contributed by atoms with E-state index < -0.39 is 0 Å². The van der Waals surface area contributed by atoms with Crippen LogP contribution in [0, 0.1) is 0 Å². The lowest BCUT2D eigenvalue weighted by molar-refractivity contribution is 0.528. The molecule has 0 saturated heterocycles. The van der Waals surface area contributed by atoms with Gasteiger partial charge in [-0.3, -0.25) is 16.3 Å². The highest BCUT2D eigenvalue weighted by molar-refractivity contribution is 9.11. The summed E-state index contributed by atoms with van der Waals surface area (Å²) in [5.41, 5.74) is 4.90. The lowest BCUT2D eigenvalue weighted by atomic mass is 9.93. The summed E-state index contributed by atoms with van der Waals surface area (Å²) in [7, 11) is 0. The van der Waals surface area contributed by atoms with Gasteiger partial charge in [0.25, 0.3) is 0 Å². The van der Waals surface area contributed by atoms with Gasteiger partial charge in [0.2, 0.25) is 0 Å². The molecule has 2 heterocycles. The minimum atomic E-state index is -0.0774. The van der Waals surface area contributed by atoms with E-state index in [4.69, 9.17) is 10.8 Å². The van der Waals surface area contributed by atoms with Crippen LogP contribution in [0.25, 0.3) is 0 Å². The summed E-state index contributed by atoms with van der Waals surface area (Å²) < 4.78 is 1.85. The van der Waals surface area contributed by atoms with E-state index in [1.54, 1.807) is 17.5 Å². The first-order chi connectivity index (χ1) is 9.81. The first kappa shape index (κ1) is 17.0. The molecule has 0 aromatic carbocycles. The molecular weight excluding hydrogens is 416 g/mol. The van der Waals surface area contributed by atoms with E-state index in [1.165, 1.54) is 0 Å². The molecule has 0 spiro atoms. The van der Waals surface area contributed by atoms with Crippen molar-refractivity contribution in [3.63, 3.8) is 0 Å². The van der Waals surface area contributed by atoms with Crippen molar-refractivity contribution in [3.8, 4) is 0 Å². The van der Waals surface area contributed by atoms with Crippen LogP contribution in [0.2, 0.25) is 0 Å². The highest BCUT2D eigenvalue weighted by Crippen LogP contribution is 2.29. The van der Waals surface area contributed by atoms with E-state index in [-0.39, 0.29) is 11.5 Å². The number of nitrogens with two attached hydrogens (primary N) is 1. The van der Waals surface area contributed by atoms with Crippen molar-refractivity contribution < 1.29 is 0 Å². The monoisotopic (exact) mass is 432 g/mol. The van der Waals surface area contributed by atoms with Gasteiger partial charge < -0.3 is 0 Å². The smallest absolute Gasteiger partial charge is 0.0948 e. The third kappa shape index (κ3) is 4.32. The van der Waals surface area contributed by atoms with Crippen LogP contribution >= 0.6 is 43.2 Å². The van der Waals surface area contributed by atoms with Gasteiger partial charge in [-0.1, -0.05) is 20.8 Å². The van der Waals surface area contributed by atoms with E-state index >= 15 is 0 Å². The molecule has 0 fully saturated rings. The molecule has 0 radical (unpaired) electrons. The standard InChI is InChI=1S/C14H18Br2N4S/c1-14(2,3)11-7-21-12(19-11)5-10(20-17)13-9(16)4-8(15)6-18-13/h4,6-7,10,20H,5,17H2,1-3H3. The minimum absolute atomic E-state index is 0.0663. The molecule has 21 heavy (non-hydrogen) atoms. The number of hydrazine groups is 1. The number of nitrogens with zero attached hydrogens (tertiary/aromatic N) is 2. The SMILES string of the molecule is CC(C)(C)c1csc(CC(NN)c2ncc(Br)cc2Br)n1. The van der Waals surface area contributed by atoms with Crippen molar-refractivity contribution in [2.24, 2.45) is 5.84 Å². The van der Waals surface area contributed by atoms with Crippen LogP contribution in [0.4, 0.5) is 0 Å². The Morgan fingerprint density at radius 3 is 2.62 bits per heavy atom. The van der Waals surface area contributed by atoms with Gasteiger partial charge >= 0.3 is 0 Å². The zero-order chi connectivity index (χ0) is 15.6.